The molecule has 0 bridgehead atoms. The summed E-state index contributed by atoms with van der Waals surface area (Å²) < 4.78 is 0. The Balaban J connectivity index is -0.0000000910. The molecule has 0 aromatic carbocycles. The van der Waals surface area contributed by atoms with Gasteiger partial charge in [-0.3, -0.25) is 0 Å². The summed E-state index contributed by atoms with van der Waals surface area (Å²) in [5.74, 6) is 0. The molecule has 0 heterocycles. The number of rotatable bonds is 2. The highest BCUT2D eigenvalue weighted by Gasteiger charge is 1.74. The number of hydrogen-bond acceptors (Lipinski definition) is 2. The van der Waals surface area contributed by atoms with Gasteiger partial charge in [0.1, 0.15) is 6.23 Å². The molecule has 0 rings (SSSR count). The first kappa shape index (κ1) is 16.8. The van der Waals surface area contributed by atoms with Crippen molar-refractivity contribution in [2.75, 3.05) is 5.33 Å². The number of alkyl halides is 1. The summed E-state index contributed by atoms with van der Waals surface area (Å²) in [4.78, 5) is 0. The number of aliphatic hydroxyl groups excluding tert-OH is 1. The summed E-state index contributed by atoms with van der Waals surface area (Å²) in [6, 6.07) is 0. The van der Waals surface area contributed by atoms with Crippen LogP contribution in [-0.2, 0) is 0 Å². The van der Waals surface area contributed by atoms with Crippen LogP contribution in [-0.4, -0.2) is 16.7 Å². The SMILES string of the molecule is Br.C=CC(N)O.C=CCBr. The number of hydrogen-bond donors (Lipinski definition) is 2. The second kappa shape index (κ2) is 16.2. The Morgan fingerprint density at radius 1 is 1.60 bits per heavy atom. The van der Waals surface area contributed by atoms with Gasteiger partial charge in [0, 0.05) is 5.33 Å². The Bertz CT molecular complexity index is 76.1. The van der Waals surface area contributed by atoms with E-state index >= 15 is 0 Å². The summed E-state index contributed by atoms with van der Waals surface area (Å²) in [6.07, 6.45) is 2.19. The van der Waals surface area contributed by atoms with Crippen molar-refractivity contribution in [1.82, 2.24) is 0 Å². The van der Waals surface area contributed by atoms with E-state index in [0.717, 1.165) is 5.33 Å². The van der Waals surface area contributed by atoms with Crippen LogP contribution in [0.2, 0.25) is 0 Å². The largest absolute Gasteiger partial charge is 0.375 e. The summed E-state index contributed by atoms with van der Waals surface area (Å²) in [5.41, 5.74) is 4.73. The van der Waals surface area contributed by atoms with Gasteiger partial charge in [-0.25, -0.2) is 0 Å². The molecule has 0 spiro atoms. The zero-order valence-electron chi connectivity index (χ0n) is 5.66. The Morgan fingerprint density at radius 2 is 1.80 bits per heavy atom. The molecule has 0 fully saturated rings. The number of allylic oxidation sites excluding steroid dienone is 1. The van der Waals surface area contributed by atoms with Gasteiger partial charge in [0.25, 0.3) is 0 Å². The number of halogens is 2. The average Bonchev–Trinajstić information content (AvgIpc) is 1.89. The van der Waals surface area contributed by atoms with Gasteiger partial charge in [-0.15, -0.1) is 23.6 Å². The molecule has 10 heavy (non-hydrogen) atoms. The van der Waals surface area contributed by atoms with Crippen LogP contribution in [0.4, 0.5) is 0 Å². The lowest BCUT2D eigenvalue weighted by atomic mass is 10.6. The van der Waals surface area contributed by atoms with E-state index in [1.165, 1.54) is 6.08 Å². The Kier molecular flexibility index (Phi) is 27.1. The van der Waals surface area contributed by atoms with Crippen LogP contribution in [0.15, 0.2) is 25.3 Å². The van der Waals surface area contributed by atoms with E-state index < -0.39 is 6.23 Å². The van der Waals surface area contributed by atoms with Crippen LogP contribution in [0.5, 0.6) is 0 Å². The highest BCUT2D eigenvalue weighted by Crippen LogP contribution is 1.73. The summed E-state index contributed by atoms with van der Waals surface area (Å²) >= 11 is 3.13. The normalized spacial score (nSPS) is 9.50. The lowest BCUT2D eigenvalue weighted by molar-refractivity contribution is 0.232. The average molecular weight is 275 g/mol. The van der Waals surface area contributed by atoms with E-state index in [1.807, 2.05) is 0 Å². The summed E-state index contributed by atoms with van der Waals surface area (Å²) in [5, 5.41) is 8.92. The molecule has 0 saturated heterocycles. The van der Waals surface area contributed by atoms with Gasteiger partial charge in [-0.05, 0) is 6.08 Å². The molecule has 4 heteroatoms. The van der Waals surface area contributed by atoms with E-state index in [9.17, 15) is 0 Å². The molecule has 0 aliphatic rings. The van der Waals surface area contributed by atoms with Crippen LogP contribution >= 0.6 is 32.9 Å². The molecular weight excluding hydrogens is 262 g/mol. The minimum atomic E-state index is -0.852. The van der Waals surface area contributed by atoms with E-state index in [4.69, 9.17) is 10.8 Å². The predicted octanol–water partition coefficient (Wildman–Crippen LogP) is 1.59. The first-order valence-corrected chi connectivity index (χ1v) is 3.54. The molecule has 0 amide bonds. The minimum Gasteiger partial charge on any atom is -0.375 e. The first-order chi connectivity index (χ1) is 4.18. The van der Waals surface area contributed by atoms with Gasteiger partial charge < -0.3 is 10.8 Å². The lowest BCUT2D eigenvalue weighted by Gasteiger charge is -1.85. The van der Waals surface area contributed by atoms with Gasteiger partial charge in [0.2, 0.25) is 0 Å². The molecule has 0 saturated carbocycles. The molecule has 62 valence electrons. The van der Waals surface area contributed by atoms with E-state index in [-0.39, 0.29) is 17.0 Å². The third-order valence-electron chi connectivity index (χ3n) is 0.351. The Labute approximate surface area is 80.7 Å². The summed E-state index contributed by atoms with van der Waals surface area (Å²) in [6.45, 7) is 6.62. The molecule has 0 aromatic rings. The molecule has 1 unspecified atom stereocenters. The third kappa shape index (κ3) is 40.1. The molecule has 1 atom stereocenters. The maximum Gasteiger partial charge on any atom is 0.121 e. The predicted molar refractivity (Wildman–Crippen MR) is 54.7 cm³/mol. The van der Waals surface area contributed by atoms with E-state index in [2.05, 4.69) is 29.1 Å². The Hall–Kier alpha value is 0.360. The second-order valence-corrected chi connectivity index (χ2v) is 1.82. The van der Waals surface area contributed by atoms with Gasteiger partial charge in [0.05, 0.1) is 0 Å². The fourth-order valence-electron chi connectivity index (χ4n) is 0. The lowest BCUT2D eigenvalue weighted by Crippen LogP contribution is -2.13. The topological polar surface area (TPSA) is 46.2 Å². The standard InChI is InChI=1S/C3H5Br.C3H7NO.BrH/c1-2-3-4;1-2-3(4)5;/h2H,1,3H2;2-3,5H,1,4H2;1H. The maximum absolute atomic E-state index is 8.02. The molecule has 0 aliphatic carbocycles. The van der Waals surface area contributed by atoms with Crippen LogP contribution in [0.3, 0.4) is 0 Å². The first-order valence-electron chi connectivity index (χ1n) is 2.42. The third-order valence-corrected chi connectivity index (χ3v) is 0.808. The van der Waals surface area contributed by atoms with Gasteiger partial charge in [-0.1, -0.05) is 28.6 Å². The molecular formula is C6H13Br2NO. The monoisotopic (exact) mass is 273 g/mol. The quantitative estimate of drug-likeness (QED) is 0.456. The summed E-state index contributed by atoms with van der Waals surface area (Å²) in [7, 11) is 0. The Morgan fingerprint density at radius 3 is 1.80 bits per heavy atom. The van der Waals surface area contributed by atoms with Gasteiger partial charge in [-0.2, -0.15) is 0 Å². The van der Waals surface area contributed by atoms with E-state index in [0.29, 0.717) is 0 Å². The fraction of sp³-hybridized carbons (Fsp3) is 0.333. The highest BCUT2D eigenvalue weighted by molar-refractivity contribution is 9.09. The van der Waals surface area contributed by atoms with Crippen molar-refractivity contribution >= 4 is 32.9 Å². The van der Waals surface area contributed by atoms with Crippen molar-refractivity contribution < 1.29 is 5.11 Å². The second-order valence-electron chi connectivity index (χ2n) is 1.17. The smallest absolute Gasteiger partial charge is 0.121 e. The molecule has 0 aromatic heterocycles. The number of nitrogens with two attached hydrogens (primary N) is 1. The van der Waals surface area contributed by atoms with Crippen molar-refractivity contribution in [3.63, 3.8) is 0 Å². The van der Waals surface area contributed by atoms with Crippen LogP contribution in [0, 0.1) is 0 Å². The highest BCUT2D eigenvalue weighted by atomic mass is 79.9. The zero-order valence-corrected chi connectivity index (χ0v) is 8.96. The molecule has 2 nitrogen and oxygen atoms in total. The molecule has 3 N–H and O–H groups in total. The van der Waals surface area contributed by atoms with Crippen LogP contribution < -0.4 is 5.73 Å². The minimum absolute atomic E-state index is 0. The zero-order chi connectivity index (χ0) is 7.70. The van der Waals surface area contributed by atoms with Gasteiger partial charge >= 0.3 is 0 Å². The van der Waals surface area contributed by atoms with Crippen molar-refractivity contribution in [2.24, 2.45) is 5.73 Å². The molecule has 0 aliphatic heterocycles. The van der Waals surface area contributed by atoms with Crippen LogP contribution in [0.25, 0.3) is 0 Å². The fourth-order valence-corrected chi connectivity index (χ4v) is 0. The van der Waals surface area contributed by atoms with Crippen molar-refractivity contribution in [2.45, 2.75) is 6.23 Å². The van der Waals surface area contributed by atoms with Crippen molar-refractivity contribution in [3.8, 4) is 0 Å². The van der Waals surface area contributed by atoms with Gasteiger partial charge in [0.15, 0.2) is 0 Å². The van der Waals surface area contributed by atoms with Crippen molar-refractivity contribution in [3.05, 3.63) is 25.3 Å². The van der Waals surface area contributed by atoms with Crippen LogP contribution in [0.1, 0.15) is 0 Å². The number of aliphatic hydroxyl groups is 1. The van der Waals surface area contributed by atoms with E-state index in [1.54, 1.807) is 6.08 Å². The molecule has 0 radical (unpaired) electrons. The van der Waals surface area contributed by atoms with Crippen molar-refractivity contribution in [1.29, 1.82) is 0 Å². The maximum atomic E-state index is 8.02.